The fourth-order valence-electron chi connectivity index (χ4n) is 2.53. The van der Waals surface area contributed by atoms with Gasteiger partial charge in [0.1, 0.15) is 6.10 Å². The van der Waals surface area contributed by atoms with Gasteiger partial charge in [-0.2, -0.15) is 0 Å². The fourth-order valence-corrected chi connectivity index (χ4v) is 2.53. The van der Waals surface area contributed by atoms with Crippen molar-refractivity contribution in [2.45, 2.75) is 24.9 Å². The lowest BCUT2D eigenvalue weighted by atomic mass is 9.91. The van der Waals surface area contributed by atoms with E-state index in [0.29, 0.717) is 5.56 Å². The van der Waals surface area contributed by atoms with Crippen LogP contribution in [0.5, 0.6) is 5.88 Å². The zero-order valence-electron chi connectivity index (χ0n) is 11.8. The largest absolute Gasteiger partial charge is 0.472 e. The highest BCUT2D eigenvalue weighted by atomic mass is 19.3. The minimum absolute atomic E-state index is 0.249. The molecule has 5 nitrogen and oxygen atoms in total. The molecule has 0 atom stereocenters. The van der Waals surface area contributed by atoms with Crippen LogP contribution in [0.1, 0.15) is 12.8 Å². The number of hydrogen-bond acceptors (Lipinski definition) is 4. The van der Waals surface area contributed by atoms with Crippen molar-refractivity contribution in [2.24, 2.45) is 0 Å². The van der Waals surface area contributed by atoms with Crippen LogP contribution < -0.4 is 4.74 Å². The Morgan fingerprint density at radius 1 is 1.17 bits per heavy atom. The molecule has 0 spiro atoms. The van der Waals surface area contributed by atoms with Crippen LogP contribution in [0.3, 0.4) is 0 Å². The summed E-state index contributed by atoms with van der Waals surface area (Å²) in [7, 11) is 0. The van der Waals surface area contributed by atoms with E-state index in [0.717, 1.165) is 11.1 Å². The number of halogens is 3. The van der Waals surface area contributed by atoms with E-state index in [1.54, 1.807) is 29.0 Å². The van der Waals surface area contributed by atoms with Crippen LogP contribution in [0.15, 0.2) is 36.8 Å². The van der Waals surface area contributed by atoms with Gasteiger partial charge in [0.2, 0.25) is 0 Å². The predicted molar refractivity (Wildman–Crippen MR) is 74.8 cm³/mol. The maximum atomic E-state index is 14.1. The smallest absolute Gasteiger partial charge is 0.255 e. The lowest BCUT2D eigenvalue weighted by Crippen LogP contribution is -2.43. The van der Waals surface area contributed by atoms with Crippen LogP contribution in [0.2, 0.25) is 0 Å². The Hall–Kier alpha value is -2.64. The minimum atomic E-state index is -2.71. The summed E-state index contributed by atoms with van der Waals surface area (Å²) in [6.07, 6.45) is 3.25. The number of ether oxygens (including phenoxy) is 1. The Morgan fingerprint density at radius 3 is 2.74 bits per heavy atom. The van der Waals surface area contributed by atoms with Gasteiger partial charge in [-0.25, -0.2) is 22.7 Å². The highest BCUT2D eigenvalue weighted by Gasteiger charge is 2.47. The number of nitrogens with zero attached hydrogens (tertiary/aromatic N) is 4. The number of alkyl halides is 2. The molecule has 0 bridgehead atoms. The van der Waals surface area contributed by atoms with Crippen molar-refractivity contribution in [3.8, 4) is 17.0 Å². The highest BCUT2D eigenvalue weighted by Crippen LogP contribution is 2.40. The molecule has 1 aliphatic carbocycles. The van der Waals surface area contributed by atoms with Crippen LogP contribution in [0.4, 0.5) is 13.2 Å². The fraction of sp³-hybridized carbons (Fsp3) is 0.267. The van der Waals surface area contributed by atoms with Crippen LogP contribution in [-0.2, 0) is 0 Å². The van der Waals surface area contributed by atoms with E-state index in [9.17, 15) is 13.2 Å². The van der Waals surface area contributed by atoms with E-state index in [4.69, 9.17) is 4.74 Å². The maximum absolute atomic E-state index is 14.1. The second-order valence-electron chi connectivity index (χ2n) is 5.53. The van der Waals surface area contributed by atoms with Crippen molar-refractivity contribution in [3.05, 3.63) is 42.6 Å². The summed E-state index contributed by atoms with van der Waals surface area (Å²) in [5.74, 6) is -3.64. The van der Waals surface area contributed by atoms with Crippen molar-refractivity contribution >= 4 is 5.52 Å². The van der Waals surface area contributed by atoms with Crippen LogP contribution in [0.25, 0.3) is 16.6 Å². The van der Waals surface area contributed by atoms with Crippen LogP contribution >= 0.6 is 0 Å². The lowest BCUT2D eigenvalue weighted by Gasteiger charge is -2.34. The third kappa shape index (κ3) is 2.60. The normalized spacial score (nSPS) is 17.2. The van der Waals surface area contributed by atoms with Gasteiger partial charge >= 0.3 is 0 Å². The minimum Gasteiger partial charge on any atom is -0.472 e. The molecular weight excluding hydrogens is 309 g/mol. The first-order chi connectivity index (χ1) is 11.0. The molecule has 0 saturated heterocycles. The maximum Gasteiger partial charge on any atom is 0.255 e. The molecule has 3 aromatic heterocycles. The molecule has 8 heteroatoms. The summed E-state index contributed by atoms with van der Waals surface area (Å²) >= 11 is 0. The van der Waals surface area contributed by atoms with E-state index in [1.165, 1.54) is 12.3 Å². The predicted octanol–water partition coefficient (Wildman–Crippen LogP) is 3.11. The topological polar surface area (TPSA) is 52.3 Å². The Morgan fingerprint density at radius 2 is 2.00 bits per heavy atom. The van der Waals surface area contributed by atoms with Crippen LogP contribution in [0, 0.1) is 5.82 Å². The van der Waals surface area contributed by atoms with Gasteiger partial charge in [-0.3, -0.25) is 0 Å². The summed E-state index contributed by atoms with van der Waals surface area (Å²) in [6.45, 7) is 0. The lowest BCUT2D eigenvalue weighted by molar-refractivity contribution is -0.136. The molecule has 1 fully saturated rings. The molecule has 0 radical (unpaired) electrons. The van der Waals surface area contributed by atoms with E-state index in [2.05, 4.69) is 15.3 Å². The highest BCUT2D eigenvalue weighted by molar-refractivity contribution is 5.67. The van der Waals surface area contributed by atoms with Crippen molar-refractivity contribution in [1.29, 1.82) is 0 Å². The molecule has 4 rings (SSSR count). The molecule has 1 aliphatic rings. The summed E-state index contributed by atoms with van der Waals surface area (Å²) in [5.41, 5.74) is 2.06. The summed E-state index contributed by atoms with van der Waals surface area (Å²) in [5, 5.41) is 7.61. The van der Waals surface area contributed by atoms with Gasteiger partial charge in [-0.15, -0.1) is 5.10 Å². The first kappa shape index (κ1) is 14.0. The molecule has 0 unspecified atom stereocenters. The van der Waals surface area contributed by atoms with Gasteiger partial charge < -0.3 is 4.74 Å². The average molecular weight is 320 g/mol. The van der Waals surface area contributed by atoms with E-state index in [1.807, 2.05) is 0 Å². The summed E-state index contributed by atoms with van der Waals surface area (Å²) in [6, 6.07) is 4.82. The van der Waals surface area contributed by atoms with Gasteiger partial charge in [0.25, 0.3) is 11.8 Å². The van der Waals surface area contributed by atoms with Gasteiger partial charge in [-0.05, 0) is 23.8 Å². The van der Waals surface area contributed by atoms with Crippen molar-refractivity contribution in [2.75, 3.05) is 0 Å². The monoisotopic (exact) mass is 320 g/mol. The van der Waals surface area contributed by atoms with Gasteiger partial charge in [0.05, 0.1) is 11.7 Å². The molecule has 0 aromatic carbocycles. The molecule has 0 N–H and O–H groups in total. The Labute approximate surface area is 128 Å². The molecule has 118 valence electrons. The third-order valence-electron chi connectivity index (χ3n) is 3.77. The molecule has 3 aromatic rings. The first-order valence-corrected chi connectivity index (χ1v) is 7.01. The molecule has 23 heavy (non-hydrogen) atoms. The van der Waals surface area contributed by atoms with Gasteiger partial charge in [0.15, 0.2) is 5.82 Å². The van der Waals surface area contributed by atoms with E-state index < -0.39 is 30.7 Å². The third-order valence-corrected chi connectivity index (χ3v) is 3.77. The second-order valence-corrected chi connectivity index (χ2v) is 5.53. The SMILES string of the molecule is Fc1cc(-c2ccn3nncc3c2)cnc1OC1CC(F)(F)C1. The molecule has 0 amide bonds. The number of pyridine rings is 2. The summed E-state index contributed by atoms with van der Waals surface area (Å²) in [4.78, 5) is 3.91. The number of aromatic nitrogens is 4. The Kier molecular flexibility index (Phi) is 3.00. The molecular formula is C15H11F3N4O. The molecule has 1 saturated carbocycles. The first-order valence-electron chi connectivity index (χ1n) is 7.01. The summed E-state index contributed by atoms with van der Waals surface area (Å²) < 4.78 is 46.4. The van der Waals surface area contributed by atoms with Crippen LogP contribution in [-0.4, -0.2) is 31.8 Å². The van der Waals surface area contributed by atoms with Gasteiger partial charge in [-0.1, -0.05) is 5.21 Å². The van der Waals surface area contributed by atoms with Crippen molar-refractivity contribution < 1.29 is 17.9 Å². The quantitative estimate of drug-likeness (QED) is 0.744. The number of rotatable bonds is 3. The van der Waals surface area contributed by atoms with Crippen molar-refractivity contribution in [3.63, 3.8) is 0 Å². The molecule has 3 heterocycles. The van der Waals surface area contributed by atoms with Crippen molar-refractivity contribution in [1.82, 2.24) is 19.8 Å². The zero-order valence-corrected chi connectivity index (χ0v) is 11.8. The average Bonchev–Trinajstić information content (AvgIpc) is 2.94. The van der Waals surface area contributed by atoms with E-state index >= 15 is 0 Å². The Bertz CT molecular complexity index is 872. The molecule has 0 aliphatic heterocycles. The standard InChI is InChI=1S/C15H11F3N4O/c16-13-4-10(9-1-2-22-11(3-9)8-20-21-22)7-19-14(13)23-12-5-15(17,18)6-12/h1-4,7-8,12H,5-6H2. The van der Waals surface area contributed by atoms with E-state index in [-0.39, 0.29) is 5.88 Å². The number of hydrogen-bond donors (Lipinski definition) is 0. The van der Waals surface area contributed by atoms with Gasteiger partial charge in [0, 0.05) is 30.8 Å². The Balaban J connectivity index is 1.57. The zero-order chi connectivity index (χ0) is 16.0. The second kappa shape index (κ2) is 4.94. The number of fused-ring (bicyclic) bond motifs is 1.